The molecule has 108 valence electrons. The molecule has 0 radical (unpaired) electrons. The second-order valence-electron chi connectivity index (χ2n) is 4.02. The molecule has 0 aromatic carbocycles. The number of rotatable bonds is 3. The molecule has 0 rings (SSSR count). The van der Waals surface area contributed by atoms with Crippen molar-refractivity contribution in [3.8, 4) is 0 Å². The first-order chi connectivity index (χ1) is 8.85. The largest absolute Gasteiger partial charge is 0.447 e. The van der Waals surface area contributed by atoms with Crippen LogP contribution in [0, 0.1) is 0 Å². The Morgan fingerprint density at radius 1 is 1.16 bits per heavy atom. The maximum atomic E-state index is 11.4. The minimum atomic E-state index is -0.758. The maximum Gasteiger partial charge on any atom is 0.436 e. The number of nitrogens with one attached hydrogen (secondary N) is 1. The van der Waals surface area contributed by atoms with Gasteiger partial charge in [-0.2, -0.15) is 4.99 Å². The smallest absolute Gasteiger partial charge is 0.436 e. The topological polar surface area (TPSA) is 77.0 Å². The molecular weight excluding hydrogens is 268 g/mol. The summed E-state index contributed by atoms with van der Waals surface area (Å²) in [5.41, 5.74) is 0. The molecule has 0 saturated carbocycles. The summed E-state index contributed by atoms with van der Waals surface area (Å²) in [7, 11) is 0. The lowest BCUT2D eigenvalue weighted by molar-refractivity contribution is 0.120. The molecule has 7 heteroatoms. The number of hydrogen-bond acceptors (Lipinski definition) is 5. The third-order valence-electron chi connectivity index (χ3n) is 1.40. The molecule has 0 aliphatic rings. The summed E-state index contributed by atoms with van der Waals surface area (Å²) in [6.07, 6.45) is -0.193. The normalized spacial score (nSPS) is 12.1. The molecule has 0 fully saturated rings. The van der Waals surface area contributed by atoms with E-state index in [1.54, 1.807) is 39.2 Å². The van der Waals surface area contributed by atoms with Crippen LogP contribution in [0.5, 0.6) is 0 Å². The first kappa shape index (κ1) is 17.5. The van der Waals surface area contributed by atoms with Crippen LogP contribution in [0.4, 0.5) is 9.59 Å². The molecule has 0 aromatic heterocycles. The lowest BCUT2D eigenvalue weighted by Gasteiger charge is -2.10. The Morgan fingerprint density at radius 3 is 2.21 bits per heavy atom. The van der Waals surface area contributed by atoms with Gasteiger partial charge in [0.15, 0.2) is 5.17 Å². The van der Waals surface area contributed by atoms with E-state index in [1.165, 1.54) is 0 Å². The van der Waals surface area contributed by atoms with Gasteiger partial charge in [0, 0.05) is 0 Å². The number of nitrogens with zero attached hydrogens (tertiary/aromatic N) is 1. The van der Waals surface area contributed by atoms with E-state index < -0.39 is 12.2 Å². The number of allylic oxidation sites excluding steroid dienone is 1. The zero-order valence-corrected chi connectivity index (χ0v) is 12.6. The van der Waals surface area contributed by atoms with Crippen molar-refractivity contribution in [2.24, 2.45) is 4.99 Å². The molecule has 2 amide bonds. The van der Waals surface area contributed by atoms with E-state index in [1.807, 2.05) is 6.92 Å². The fourth-order valence-electron chi connectivity index (χ4n) is 0.858. The molecule has 0 heterocycles. The van der Waals surface area contributed by atoms with E-state index in [2.05, 4.69) is 10.3 Å². The Morgan fingerprint density at radius 2 is 1.74 bits per heavy atom. The van der Waals surface area contributed by atoms with Gasteiger partial charge < -0.3 is 9.47 Å². The summed E-state index contributed by atoms with van der Waals surface area (Å²) >= 11 is 1.09. The summed E-state index contributed by atoms with van der Waals surface area (Å²) < 4.78 is 9.77. The maximum absolute atomic E-state index is 11.4. The Labute approximate surface area is 117 Å². The Kier molecular flexibility index (Phi) is 8.69. The lowest BCUT2D eigenvalue weighted by Crippen LogP contribution is -2.31. The predicted molar refractivity (Wildman–Crippen MR) is 76.2 cm³/mol. The van der Waals surface area contributed by atoms with Crippen LogP contribution >= 0.6 is 11.8 Å². The third kappa shape index (κ3) is 10.1. The van der Waals surface area contributed by atoms with Gasteiger partial charge in [-0.1, -0.05) is 17.8 Å². The number of hydrogen-bond donors (Lipinski definition) is 1. The zero-order valence-electron chi connectivity index (χ0n) is 11.8. The third-order valence-corrected chi connectivity index (χ3v) is 2.22. The second kappa shape index (κ2) is 9.43. The van der Waals surface area contributed by atoms with E-state index in [4.69, 9.17) is 9.47 Å². The van der Waals surface area contributed by atoms with Crippen molar-refractivity contribution < 1.29 is 19.1 Å². The van der Waals surface area contributed by atoms with Crippen LogP contribution in [0.2, 0.25) is 0 Å². The van der Waals surface area contributed by atoms with Crippen molar-refractivity contribution in [3.05, 3.63) is 11.5 Å². The molecule has 1 N–H and O–H groups in total. The highest BCUT2D eigenvalue weighted by molar-refractivity contribution is 8.16. The average molecular weight is 288 g/mol. The molecule has 0 unspecified atom stereocenters. The van der Waals surface area contributed by atoms with Crippen LogP contribution in [0.3, 0.4) is 0 Å². The van der Waals surface area contributed by atoms with Crippen LogP contribution in [-0.4, -0.2) is 29.6 Å². The first-order valence-electron chi connectivity index (χ1n) is 5.90. The molecule has 19 heavy (non-hydrogen) atoms. The van der Waals surface area contributed by atoms with E-state index in [0.29, 0.717) is 0 Å². The fourth-order valence-corrected chi connectivity index (χ4v) is 1.39. The summed E-state index contributed by atoms with van der Waals surface area (Å²) in [4.78, 5) is 26.5. The van der Waals surface area contributed by atoms with Crippen molar-refractivity contribution in [1.29, 1.82) is 0 Å². The number of amidine groups is 1. The van der Waals surface area contributed by atoms with Crippen molar-refractivity contribution in [2.75, 3.05) is 0 Å². The van der Waals surface area contributed by atoms with Crippen molar-refractivity contribution in [1.82, 2.24) is 5.32 Å². The highest BCUT2D eigenvalue weighted by Crippen LogP contribution is 2.06. The monoisotopic (exact) mass is 288 g/mol. The number of carbonyl (C=O) groups excluding carboxylic acids is 2. The van der Waals surface area contributed by atoms with Gasteiger partial charge in [0.1, 0.15) is 0 Å². The number of amides is 2. The van der Waals surface area contributed by atoms with Crippen molar-refractivity contribution in [2.45, 2.75) is 46.8 Å². The van der Waals surface area contributed by atoms with Gasteiger partial charge in [-0.25, -0.2) is 9.59 Å². The molecule has 0 aliphatic heterocycles. The van der Waals surface area contributed by atoms with Crippen molar-refractivity contribution >= 4 is 29.1 Å². The quantitative estimate of drug-likeness (QED) is 0.637. The van der Waals surface area contributed by atoms with Gasteiger partial charge in [0.2, 0.25) is 0 Å². The van der Waals surface area contributed by atoms with Crippen LogP contribution in [-0.2, 0) is 9.47 Å². The summed E-state index contributed by atoms with van der Waals surface area (Å²) in [5.74, 6) is 0. The van der Waals surface area contributed by atoms with Gasteiger partial charge in [-0.15, -0.1) is 0 Å². The summed E-state index contributed by atoms with van der Waals surface area (Å²) in [6, 6.07) is 0. The standard InChI is InChI=1S/C12H20N2O4S/c1-6-7-19-10(13-11(15)17-8(2)3)14-12(16)18-9(4)5/h6-9H,1-5H3,(H,13,14,15,16). The number of alkyl carbamates (subject to hydrolysis) is 1. The minimum absolute atomic E-state index is 0.106. The highest BCUT2D eigenvalue weighted by Gasteiger charge is 2.11. The van der Waals surface area contributed by atoms with Gasteiger partial charge in [0.25, 0.3) is 0 Å². The zero-order chi connectivity index (χ0) is 14.8. The molecule has 6 nitrogen and oxygen atoms in total. The SMILES string of the molecule is CC=CSC(=NC(=O)OC(C)C)NC(=O)OC(C)C. The minimum Gasteiger partial charge on any atom is -0.447 e. The summed E-state index contributed by atoms with van der Waals surface area (Å²) in [5, 5.41) is 4.17. The number of aliphatic imine (C=N–C) groups is 1. The van der Waals surface area contributed by atoms with Gasteiger partial charge in [-0.05, 0) is 40.0 Å². The Hall–Kier alpha value is -1.50. The van der Waals surface area contributed by atoms with E-state index in [0.717, 1.165) is 11.8 Å². The molecule has 0 saturated heterocycles. The van der Waals surface area contributed by atoms with Crippen molar-refractivity contribution in [3.63, 3.8) is 0 Å². The first-order valence-corrected chi connectivity index (χ1v) is 6.77. The number of ether oxygens (including phenoxy) is 2. The van der Waals surface area contributed by atoms with Crippen LogP contribution < -0.4 is 5.32 Å². The number of thioether (sulfide) groups is 1. The van der Waals surface area contributed by atoms with E-state index in [-0.39, 0.29) is 17.4 Å². The molecule has 0 spiro atoms. The van der Waals surface area contributed by atoms with Gasteiger partial charge in [-0.3, -0.25) is 5.32 Å². The van der Waals surface area contributed by atoms with E-state index in [9.17, 15) is 9.59 Å². The molecule has 0 aromatic rings. The van der Waals surface area contributed by atoms with Crippen LogP contribution in [0.1, 0.15) is 34.6 Å². The second-order valence-corrected chi connectivity index (χ2v) is 4.91. The van der Waals surface area contributed by atoms with Gasteiger partial charge >= 0.3 is 12.2 Å². The molecule has 0 bridgehead atoms. The Balaban J connectivity index is 4.65. The summed E-state index contributed by atoms with van der Waals surface area (Å²) in [6.45, 7) is 8.69. The van der Waals surface area contributed by atoms with E-state index >= 15 is 0 Å². The Bertz CT molecular complexity index is 365. The fraction of sp³-hybridized carbons (Fsp3) is 0.583. The predicted octanol–water partition coefficient (Wildman–Crippen LogP) is 3.29. The van der Waals surface area contributed by atoms with Gasteiger partial charge in [0.05, 0.1) is 12.2 Å². The number of carbonyl (C=O) groups is 2. The lowest BCUT2D eigenvalue weighted by atomic mass is 10.5. The molecule has 0 atom stereocenters. The molecule has 0 aliphatic carbocycles. The van der Waals surface area contributed by atoms with Crippen LogP contribution in [0.15, 0.2) is 16.5 Å². The highest BCUT2D eigenvalue weighted by atomic mass is 32.2. The molecular formula is C12H20N2O4S. The average Bonchev–Trinajstić information content (AvgIpc) is 2.23. The van der Waals surface area contributed by atoms with Crippen LogP contribution in [0.25, 0.3) is 0 Å².